The van der Waals surface area contributed by atoms with E-state index in [4.69, 9.17) is 10.3 Å². The molecule has 2 N–H and O–H groups in total. The molecule has 1 saturated carbocycles. The highest BCUT2D eigenvalue weighted by Gasteiger charge is 2.30. The molecule has 0 radical (unpaired) electrons. The van der Waals surface area contributed by atoms with Gasteiger partial charge in [-0.2, -0.15) is 4.98 Å². The number of rotatable bonds is 2. The minimum absolute atomic E-state index is 0.144. The van der Waals surface area contributed by atoms with Crippen molar-refractivity contribution < 1.29 is 4.52 Å². The van der Waals surface area contributed by atoms with Crippen LogP contribution in [0.2, 0.25) is 0 Å². The first-order valence-electron chi connectivity index (χ1n) is 7.40. The number of nitrogens with zero attached hydrogens (tertiary/aromatic N) is 2. The van der Waals surface area contributed by atoms with Crippen molar-refractivity contribution in [2.45, 2.75) is 31.2 Å². The standard InChI is InChI=1S/C17H17N3O/c18-15-10-4-9-14(15)17-19-16(20-21-17)13-8-3-6-11-5-1-2-7-12(11)13/h1-3,5-8,14-15H,4,9-10,18H2. The van der Waals surface area contributed by atoms with E-state index in [-0.39, 0.29) is 12.0 Å². The molecule has 0 bridgehead atoms. The van der Waals surface area contributed by atoms with Crippen molar-refractivity contribution in [1.29, 1.82) is 0 Å². The molecule has 21 heavy (non-hydrogen) atoms. The zero-order chi connectivity index (χ0) is 14.2. The molecule has 3 aromatic rings. The van der Waals surface area contributed by atoms with Crippen LogP contribution in [0.1, 0.15) is 31.1 Å². The molecule has 2 unspecified atom stereocenters. The number of hydrogen-bond acceptors (Lipinski definition) is 4. The Bertz CT molecular complexity index is 775. The predicted molar refractivity (Wildman–Crippen MR) is 81.8 cm³/mol. The van der Waals surface area contributed by atoms with Crippen LogP contribution in [0.4, 0.5) is 0 Å². The maximum absolute atomic E-state index is 6.12. The summed E-state index contributed by atoms with van der Waals surface area (Å²) in [6.45, 7) is 0. The Morgan fingerprint density at radius 3 is 2.76 bits per heavy atom. The van der Waals surface area contributed by atoms with Crippen LogP contribution in [0, 0.1) is 0 Å². The molecule has 4 heteroatoms. The molecule has 1 aliphatic rings. The first-order valence-corrected chi connectivity index (χ1v) is 7.40. The van der Waals surface area contributed by atoms with Gasteiger partial charge in [0.15, 0.2) is 0 Å². The molecule has 2 atom stereocenters. The molecule has 0 saturated heterocycles. The topological polar surface area (TPSA) is 64.9 Å². The molecule has 0 spiro atoms. The molecule has 1 fully saturated rings. The quantitative estimate of drug-likeness (QED) is 0.780. The maximum atomic E-state index is 6.12. The van der Waals surface area contributed by atoms with Crippen molar-refractivity contribution in [2.24, 2.45) is 5.73 Å². The number of benzene rings is 2. The fourth-order valence-electron chi connectivity index (χ4n) is 3.21. The van der Waals surface area contributed by atoms with Gasteiger partial charge in [-0.3, -0.25) is 0 Å². The normalized spacial score (nSPS) is 22.0. The molecule has 1 aromatic heterocycles. The van der Waals surface area contributed by atoms with Crippen molar-refractivity contribution >= 4 is 10.8 Å². The lowest BCUT2D eigenvalue weighted by Crippen LogP contribution is -2.22. The first-order chi connectivity index (χ1) is 10.3. The number of nitrogens with two attached hydrogens (primary N) is 1. The summed E-state index contributed by atoms with van der Waals surface area (Å²) in [7, 11) is 0. The van der Waals surface area contributed by atoms with Crippen LogP contribution >= 0.6 is 0 Å². The zero-order valence-electron chi connectivity index (χ0n) is 11.7. The molecule has 1 heterocycles. The summed E-state index contributed by atoms with van der Waals surface area (Å²) >= 11 is 0. The van der Waals surface area contributed by atoms with Crippen LogP contribution in [-0.4, -0.2) is 16.2 Å². The van der Waals surface area contributed by atoms with Crippen molar-refractivity contribution in [3.8, 4) is 11.4 Å². The third-order valence-electron chi connectivity index (χ3n) is 4.36. The minimum Gasteiger partial charge on any atom is -0.339 e. The van der Waals surface area contributed by atoms with Crippen LogP contribution in [0.25, 0.3) is 22.2 Å². The van der Waals surface area contributed by atoms with E-state index in [1.165, 1.54) is 5.39 Å². The average molecular weight is 279 g/mol. The van der Waals surface area contributed by atoms with E-state index in [2.05, 4.69) is 28.3 Å². The Hall–Kier alpha value is -2.20. The first kappa shape index (κ1) is 12.5. The molecule has 106 valence electrons. The molecular formula is C17H17N3O. The van der Waals surface area contributed by atoms with Gasteiger partial charge in [-0.05, 0) is 23.6 Å². The van der Waals surface area contributed by atoms with Gasteiger partial charge in [-0.15, -0.1) is 0 Å². The van der Waals surface area contributed by atoms with Gasteiger partial charge in [0.25, 0.3) is 0 Å². The second-order valence-corrected chi connectivity index (χ2v) is 5.68. The Balaban J connectivity index is 1.78. The van der Waals surface area contributed by atoms with Crippen LogP contribution in [0.3, 0.4) is 0 Å². The lowest BCUT2D eigenvalue weighted by atomic mass is 10.0. The van der Waals surface area contributed by atoms with Crippen molar-refractivity contribution in [3.63, 3.8) is 0 Å². The third kappa shape index (κ3) is 2.12. The highest BCUT2D eigenvalue weighted by Crippen LogP contribution is 2.34. The average Bonchev–Trinajstić information content (AvgIpc) is 3.15. The SMILES string of the molecule is NC1CCCC1c1nc(-c2cccc3ccccc23)no1. The van der Waals surface area contributed by atoms with E-state index in [9.17, 15) is 0 Å². The molecule has 4 rings (SSSR count). The van der Waals surface area contributed by atoms with Gasteiger partial charge in [0, 0.05) is 11.6 Å². The molecule has 0 aliphatic heterocycles. The van der Waals surface area contributed by atoms with Gasteiger partial charge in [-0.1, -0.05) is 54.0 Å². The van der Waals surface area contributed by atoms with Gasteiger partial charge in [0.1, 0.15) is 0 Å². The van der Waals surface area contributed by atoms with E-state index in [1.54, 1.807) is 0 Å². The van der Waals surface area contributed by atoms with Crippen LogP contribution < -0.4 is 5.73 Å². The minimum atomic E-state index is 0.144. The fourth-order valence-corrected chi connectivity index (χ4v) is 3.21. The summed E-state index contributed by atoms with van der Waals surface area (Å²) in [5.74, 6) is 1.55. The highest BCUT2D eigenvalue weighted by atomic mass is 16.5. The Morgan fingerprint density at radius 1 is 1.05 bits per heavy atom. The summed E-state index contributed by atoms with van der Waals surface area (Å²) in [5, 5.41) is 6.50. The Kier molecular flexibility index (Phi) is 2.97. The highest BCUT2D eigenvalue weighted by molar-refractivity contribution is 5.94. The third-order valence-corrected chi connectivity index (χ3v) is 4.36. The van der Waals surface area contributed by atoms with Gasteiger partial charge in [0.2, 0.25) is 11.7 Å². The summed E-state index contributed by atoms with van der Waals surface area (Å²) < 4.78 is 5.48. The maximum Gasteiger partial charge on any atom is 0.231 e. The number of fused-ring (bicyclic) bond motifs is 1. The van der Waals surface area contributed by atoms with E-state index < -0.39 is 0 Å². The van der Waals surface area contributed by atoms with Crippen molar-refractivity contribution in [1.82, 2.24) is 10.1 Å². The predicted octanol–water partition coefficient (Wildman–Crippen LogP) is 3.48. The van der Waals surface area contributed by atoms with Crippen molar-refractivity contribution in [3.05, 3.63) is 48.4 Å². The van der Waals surface area contributed by atoms with Crippen LogP contribution in [0.15, 0.2) is 47.0 Å². The molecule has 0 amide bonds. The summed E-state index contributed by atoms with van der Waals surface area (Å²) in [6.07, 6.45) is 3.22. The van der Waals surface area contributed by atoms with E-state index >= 15 is 0 Å². The van der Waals surface area contributed by atoms with Gasteiger partial charge in [-0.25, -0.2) is 0 Å². The molecule has 1 aliphatic carbocycles. The van der Waals surface area contributed by atoms with Crippen LogP contribution in [0.5, 0.6) is 0 Å². The molecular weight excluding hydrogens is 262 g/mol. The molecule has 4 nitrogen and oxygen atoms in total. The van der Waals surface area contributed by atoms with Gasteiger partial charge >= 0.3 is 0 Å². The van der Waals surface area contributed by atoms with E-state index in [1.807, 2.05) is 24.3 Å². The summed E-state index contributed by atoms with van der Waals surface area (Å²) in [4.78, 5) is 4.61. The fraction of sp³-hybridized carbons (Fsp3) is 0.294. The number of aromatic nitrogens is 2. The molecule has 2 aromatic carbocycles. The Morgan fingerprint density at radius 2 is 1.90 bits per heavy atom. The summed E-state index contributed by atoms with van der Waals surface area (Å²) in [5.41, 5.74) is 7.13. The van der Waals surface area contributed by atoms with E-state index in [0.717, 1.165) is 30.2 Å². The zero-order valence-corrected chi connectivity index (χ0v) is 11.7. The second kappa shape index (κ2) is 4.97. The van der Waals surface area contributed by atoms with Crippen molar-refractivity contribution in [2.75, 3.05) is 0 Å². The monoisotopic (exact) mass is 279 g/mol. The second-order valence-electron chi connectivity index (χ2n) is 5.68. The smallest absolute Gasteiger partial charge is 0.231 e. The lowest BCUT2D eigenvalue weighted by Gasteiger charge is -2.08. The van der Waals surface area contributed by atoms with Crippen LogP contribution in [-0.2, 0) is 0 Å². The van der Waals surface area contributed by atoms with E-state index in [0.29, 0.717) is 11.7 Å². The lowest BCUT2D eigenvalue weighted by molar-refractivity contribution is 0.345. The number of hydrogen-bond donors (Lipinski definition) is 1. The van der Waals surface area contributed by atoms with Gasteiger partial charge < -0.3 is 10.3 Å². The summed E-state index contributed by atoms with van der Waals surface area (Å²) in [6, 6.07) is 14.5. The van der Waals surface area contributed by atoms with Gasteiger partial charge in [0.05, 0.1) is 5.92 Å². The Labute approximate surface area is 123 Å². The largest absolute Gasteiger partial charge is 0.339 e.